The number of rotatable bonds is 9. The molecule has 4 N–H and O–H groups in total. The second-order valence-corrected chi connectivity index (χ2v) is 4.46. The number of anilines is 2. The summed E-state index contributed by atoms with van der Waals surface area (Å²) in [5.74, 6) is -0.520. The number of carbonyl (C=O) groups is 1. The van der Waals surface area contributed by atoms with Gasteiger partial charge in [-0.25, -0.2) is 0 Å². The highest BCUT2D eigenvalue weighted by Gasteiger charge is 2.11. The molecule has 0 aliphatic rings. The molecule has 0 fully saturated rings. The van der Waals surface area contributed by atoms with E-state index in [2.05, 4.69) is 4.90 Å². The number of benzene rings is 1. The van der Waals surface area contributed by atoms with E-state index in [4.69, 9.17) is 20.9 Å². The van der Waals surface area contributed by atoms with Gasteiger partial charge < -0.3 is 25.8 Å². The summed E-state index contributed by atoms with van der Waals surface area (Å²) < 4.78 is 10.2. The van der Waals surface area contributed by atoms with Gasteiger partial charge in [0.1, 0.15) is 0 Å². The molecule has 112 valence electrons. The minimum absolute atomic E-state index is 0.344. The summed E-state index contributed by atoms with van der Waals surface area (Å²) in [7, 11) is 3.33. The van der Waals surface area contributed by atoms with Crippen LogP contribution in [-0.4, -0.2) is 46.4 Å². The lowest BCUT2D eigenvalue weighted by Gasteiger charge is -2.25. The van der Waals surface area contributed by atoms with Crippen LogP contribution in [0.4, 0.5) is 11.4 Å². The molecule has 0 aliphatic carbocycles. The molecule has 1 rings (SSSR count). The summed E-state index contributed by atoms with van der Waals surface area (Å²) in [5, 5.41) is 0. The second kappa shape index (κ2) is 8.39. The van der Waals surface area contributed by atoms with Gasteiger partial charge >= 0.3 is 0 Å². The van der Waals surface area contributed by atoms with Gasteiger partial charge in [0, 0.05) is 45.3 Å². The van der Waals surface area contributed by atoms with Crippen molar-refractivity contribution in [2.45, 2.75) is 6.42 Å². The standard InChI is InChI=1S/C14H23N3O3/c1-19-8-3-6-17(7-9-20-2)11-4-5-13(15)12(10-11)14(16)18/h4-5,10H,3,6-9,15H2,1-2H3,(H2,16,18). The van der Waals surface area contributed by atoms with Gasteiger partial charge in [-0.05, 0) is 24.6 Å². The fraction of sp³-hybridized carbons (Fsp3) is 0.500. The molecule has 0 saturated carbocycles. The molecule has 0 atom stereocenters. The van der Waals surface area contributed by atoms with E-state index in [1.807, 2.05) is 6.07 Å². The quantitative estimate of drug-likeness (QED) is 0.517. The molecule has 1 amide bonds. The Labute approximate surface area is 119 Å². The van der Waals surface area contributed by atoms with Gasteiger partial charge in [-0.1, -0.05) is 0 Å². The van der Waals surface area contributed by atoms with E-state index in [1.165, 1.54) is 0 Å². The Morgan fingerprint density at radius 2 is 1.90 bits per heavy atom. The van der Waals surface area contributed by atoms with Crippen LogP contribution in [0.3, 0.4) is 0 Å². The van der Waals surface area contributed by atoms with Crippen LogP contribution in [0, 0.1) is 0 Å². The van der Waals surface area contributed by atoms with Crippen LogP contribution in [0.25, 0.3) is 0 Å². The average Bonchev–Trinajstić information content (AvgIpc) is 2.43. The van der Waals surface area contributed by atoms with Crippen molar-refractivity contribution < 1.29 is 14.3 Å². The Morgan fingerprint density at radius 1 is 1.20 bits per heavy atom. The summed E-state index contributed by atoms with van der Waals surface area (Å²) in [6.07, 6.45) is 0.885. The Kier molecular flexibility index (Phi) is 6.83. The van der Waals surface area contributed by atoms with Crippen LogP contribution in [0.5, 0.6) is 0 Å². The maximum absolute atomic E-state index is 11.4. The highest BCUT2D eigenvalue weighted by molar-refractivity contribution is 5.99. The van der Waals surface area contributed by atoms with E-state index in [-0.39, 0.29) is 0 Å². The SMILES string of the molecule is COCCCN(CCOC)c1ccc(N)c(C(N)=O)c1. The highest BCUT2D eigenvalue weighted by Crippen LogP contribution is 2.21. The molecule has 0 unspecified atom stereocenters. The fourth-order valence-electron chi connectivity index (χ4n) is 1.93. The van der Waals surface area contributed by atoms with E-state index in [1.54, 1.807) is 26.4 Å². The number of nitrogen functional groups attached to an aromatic ring is 1. The van der Waals surface area contributed by atoms with E-state index >= 15 is 0 Å². The van der Waals surface area contributed by atoms with Crippen LogP contribution in [0.1, 0.15) is 16.8 Å². The number of carbonyl (C=O) groups excluding carboxylic acids is 1. The third-order valence-electron chi connectivity index (χ3n) is 3.01. The summed E-state index contributed by atoms with van der Waals surface area (Å²) in [6.45, 7) is 2.81. The number of nitrogens with two attached hydrogens (primary N) is 2. The normalized spacial score (nSPS) is 10.5. The fourth-order valence-corrected chi connectivity index (χ4v) is 1.93. The molecule has 0 aliphatic heterocycles. The Hall–Kier alpha value is -1.79. The minimum atomic E-state index is -0.520. The summed E-state index contributed by atoms with van der Waals surface area (Å²) in [5.41, 5.74) is 12.7. The first-order valence-corrected chi connectivity index (χ1v) is 6.52. The lowest BCUT2D eigenvalue weighted by Crippen LogP contribution is -2.29. The zero-order chi connectivity index (χ0) is 15.0. The van der Waals surface area contributed by atoms with Crippen molar-refractivity contribution in [2.75, 3.05) is 51.2 Å². The summed E-state index contributed by atoms with van der Waals surface area (Å²) in [6, 6.07) is 5.30. The maximum Gasteiger partial charge on any atom is 0.250 e. The molecule has 6 nitrogen and oxygen atoms in total. The molecule has 0 radical (unpaired) electrons. The van der Waals surface area contributed by atoms with E-state index in [9.17, 15) is 4.79 Å². The van der Waals surface area contributed by atoms with Crippen molar-refractivity contribution in [1.82, 2.24) is 0 Å². The molecule has 1 aromatic carbocycles. The Bertz CT molecular complexity index is 438. The molecule has 0 bridgehead atoms. The number of hydrogen-bond acceptors (Lipinski definition) is 5. The van der Waals surface area contributed by atoms with Crippen molar-refractivity contribution in [3.8, 4) is 0 Å². The first-order valence-electron chi connectivity index (χ1n) is 6.52. The molecule has 20 heavy (non-hydrogen) atoms. The van der Waals surface area contributed by atoms with Crippen molar-refractivity contribution in [3.63, 3.8) is 0 Å². The van der Waals surface area contributed by atoms with Crippen LogP contribution in [-0.2, 0) is 9.47 Å². The van der Waals surface area contributed by atoms with Gasteiger partial charge in [0.05, 0.1) is 12.2 Å². The molecule has 0 saturated heterocycles. The molecule has 0 heterocycles. The predicted octanol–water partition coefficient (Wildman–Crippen LogP) is 0.857. The first-order chi connectivity index (χ1) is 9.60. The van der Waals surface area contributed by atoms with Crippen molar-refractivity contribution >= 4 is 17.3 Å². The summed E-state index contributed by atoms with van der Waals surface area (Å²) >= 11 is 0. The molecule has 6 heteroatoms. The number of amides is 1. The molecule has 0 aromatic heterocycles. The van der Waals surface area contributed by atoms with Crippen molar-refractivity contribution in [3.05, 3.63) is 23.8 Å². The zero-order valence-electron chi connectivity index (χ0n) is 12.1. The number of methoxy groups -OCH3 is 2. The van der Waals surface area contributed by atoms with Crippen LogP contribution in [0.15, 0.2) is 18.2 Å². The minimum Gasteiger partial charge on any atom is -0.398 e. The van der Waals surface area contributed by atoms with E-state index < -0.39 is 5.91 Å². The van der Waals surface area contributed by atoms with Crippen molar-refractivity contribution in [1.29, 1.82) is 0 Å². The van der Waals surface area contributed by atoms with Gasteiger partial charge in [0.25, 0.3) is 5.91 Å². The summed E-state index contributed by atoms with van der Waals surface area (Å²) in [4.78, 5) is 13.5. The predicted molar refractivity (Wildman–Crippen MR) is 80.0 cm³/mol. The Morgan fingerprint density at radius 3 is 2.50 bits per heavy atom. The van der Waals surface area contributed by atoms with E-state index in [0.717, 1.165) is 25.2 Å². The molecular formula is C14H23N3O3. The third-order valence-corrected chi connectivity index (χ3v) is 3.01. The highest BCUT2D eigenvalue weighted by atomic mass is 16.5. The second-order valence-electron chi connectivity index (χ2n) is 4.46. The van der Waals surface area contributed by atoms with Gasteiger partial charge in [-0.2, -0.15) is 0 Å². The average molecular weight is 281 g/mol. The smallest absolute Gasteiger partial charge is 0.250 e. The van der Waals surface area contributed by atoms with Gasteiger partial charge in [-0.3, -0.25) is 4.79 Å². The number of primary amides is 1. The lowest BCUT2D eigenvalue weighted by atomic mass is 10.1. The molecular weight excluding hydrogens is 258 g/mol. The maximum atomic E-state index is 11.4. The van der Waals surface area contributed by atoms with E-state index in [0.29, 0.717) is 24.5 Å². The largest absolute Gasteiger partial charge is 0.398 e. The van der Waals surface area contributed by atoms with Gasteiger partial charge in [0.2, 0.25) is 0 Å². The third kappa shape index (κ3) is 4.71. The van der Waals surface area contributed by atoms with Crippen LogP contribution >= 0.6 is 0 Å². The first kappa shape index (κ1) is 16.3. The number of nitrogens with zero attached hydrogens (tertiary/aromatic N) is 1. The van der Waals surface area contributed by atoms with Crippen molar-refractivity contribution in [2.24, 2.45) is 5.73 Å². The van der Waals surface area contributed by atoms with Crippen LogP contribution in [0.2, 0.25) is 0 Å². The molecule has 1 aromatic rings. The number of hydrogen-bond donors (Lipinski definition) is 2. The topological polar surface area (TPSA) is 90.8 Å². The zero-order valence-corrected chi connectivity index (χ0v) is 12.1. The van der Waals surface area contributed by atoms with Crippen LogP contribution < -0.4 is 16.4 Å². The monoisotopic (exact) mass is 281 g/mol. The van der Waals surface area contributed by atoms with Gasteiger partial charge in [-0.15, -0.1) is 0 Å². The Balaban J connectivity index is 2.88. The lowest BCUT2D eigenvalue weighted by molar-refractivity contribution is 0.100. The molecule has 0 spiro atoms. The number of ether oxygens (including phenoxy) is 2. The van der Waals surface area contributed by atoms with Gasteiger partial charge in [0.15, 0.2) is 0 Å².